The number of aromatic nitrogens is 4. The number of nitrogens with zero attached hydrogens (tertiary/aromatic N) is 4. The van der Waals surface area contributed by atoms with Gasteiger partial charge in [0.05, 0.1) is 23.5 Å². The largest absolute Gasteiger partial charge is 0.462 e. The summed E-state index contributed by atoms with van der Waals surface area (Å²) >= 11 is 7.22. The average Bonchev–Trinajstić information content (AvgIpc) is 3.22. The van der Waals surface area contributed by atoms with Gasteiger partial charge in [-0.1, -0.05) is 46.4 Å². The van der Waals surface area contributed by atoms with Gasteiger partial charge in [-0.25, -0.2) is 14.5 Å². The van der Waals surface area contributed by atoms with Gasteiger partial charge in [-0.2, -0.15) is 0 Å². The van der Waals surface area contributed by atoms with E-state index in [-0.39, 0.29) is 19.1 Å². The molecule has 0 radical (unpaired) electrons. The Morgan fingerprint density at radius 3 is 2.85 bits per heavy atom. The summed E-state index contributed by atoms with van der Waals surface area (Å²) in [6.07, 6.45) is 1.64. The van der Waals surface area contributed by atoms with Gasteiger partial charge in [0.2, 0.25) is 5.91 Å². The van der Waals surface area contributed by atoms with Crippen molar-refractivity contribution in [1.82, 2.24) is 20.0 Å². The van der Waals surface area contributed by atoms with Gasteiger partial charge in [-0.05, 0) is 19.9 Å². The summed E-state index contributed by atoms with van der Waals surface area (Å²) in [7, 11) is 0. The molecule has 0 aliphatic carbocycles. The molecule has 0 atom stereocenters. The summed E-state index contributed by atoms with van der Waals surface area (Å²) in [5, 5.41) is 11.5. The first-order chi connectivity index (χ1) is 13.0. The Morgan fingerprint density at radius 1 is 1.33 bits per heavy atom. The fourth-order valence-electron chi connectivity index (χ4n) is 2.31. The lowest BCUT2D eigenvalue weighted by Crippen LogP contribution is -2.19. The Labute approximate surface area is 164 Å². The van der Waals surface area contributed by atoms with E-state index in [9.17, 15) is 9.59 Å². The van der Waals surface area contributed by atoms with Gasteiger partial charge in [0.25, 0.3) is 0 Å². The SMILES string of the molecule is CCOC(=O)c1sc(NC(=O)Cn2cc(-c3ccccc3Cl)nn2)nc1C. The van der Waals surface area contributed by atoms with Crippen molar-refractivity contribution >= 4 is 39.9 Å². The fraction of sp³-hybridized carbons (Fsp3) is 0.235. The number of nitrogens with one attached hydrogen (secondary N) is 1. The van der Waals surface area contributed by atoms with Crippen LogP contribution in [0.4, 0.5) is 5.13 Å². The van der Waals surface area contributed by atoms with Crippen LogP contribution in [0.25, 0.3) is 11.3 Å². The van der Waals surface area contributed by atoms with Crippen molar-refractivity contribution in [3.05, 3.63) is 46.1 Å². The van der Waals surface area contributed by atoms with E-state index < -0.39 is 5.97 Å². The molecule has 0 fully saturated rings. The molecule has 0 aliphatic rings. The van der Waals surface area contributed by atoms with Crippen LogP contribution in [0.2, 0.25) is 5.02 Å². The minimum Gasteiger partial charge on any atom is -0.462 e. The normalized spacial score (nSPS) is 10.6. The fourth-order valence-corrected chi connectivity index (χ4v) is 3.42. The van der Waals surface area contributed by atoms with Crippen molar-refractivity contribution in [2.45, 2.75) is 20.4 Å². The lowest BCUT2D eigenvalue weighted by atomic mass is 10.2. The molecule has 10 heteroatoms. The molecular formula is C17H16ClN5O3S. The topological polar surface area (TPSA) is 99.0 Å². The van der Waals surface area contributed by atoms with Crippen molar-refractivity contribution in [3.63, 3.8) is 0 Å². The van der Waals surface area contributed by atoms with Crippen molar-refractivity contribution in [3.8, 4) is 11.3 Å². The van der Waals surface area contributed by atoms with Crippen LogP contribution in [0.5, 0.6) is 0 Å². The average molecular weight is 406 g/mol. The molecule has 0 unspecified atom stereocenters. The van der Waals surface area contributed by atoms with E-state index in [4.69, 9.17) is 16.3 Å². The lowest BCUT2D eigenvalue weighted by Gasteiger charge is -2.01. The van der Waals surface area contributed by atoms with Gasteiger partial charge in [0.15, 0.2) is 5.13 Å². The number of ether oxygens (including phenoxy) is 1. The standard InChI is InChI=1S/C17H16ClN5O3S/c1-3-26-16(25)15-10(2)19-17(27-15)20-14(24)9-23-8-13(21-22-23)11-6-4-5-7-12(11)18/h4-8H,3,9H2,1-2H3,(H,19,20,24). The van der Waals surface area contributed by atoms with E-state index in [0.29, 0.717) is 26.4 Å². The zero-order valence-electron chi connectivity index (χ0n) is 14.6. The first-order valence-electron chi connectivity index (χ1n) is 8.07. The first kappa shape index (κ1) is 19.0. The van der Waals surface area contributed by atoms with E-state index in [1.54, 1.807) is 26.1 Å². The maximum atomic E-state index is 12.2. The predicted molar refractivity (Wildman–Crippen MR) is 102 cm³/mol. The predicted octanol–water partition coefficient (Wildman–Crippen LogP) is 3.18. The summed E-state index contributed by atoms with van der Waals surface area (Å²) in [5.41, 5.74) is 1.82. The molecule has 140 valence electrons. The molecule has 3 aromatic rings. The van der Waals surface area contributed by atoms with Crippen LogP contribution >= 0.6 is 22.9 Å². The molecule has 2 aromatic heterocycles. The van der Waals surface area contributed by atoms with Crippen LogP contribution in [0.1, 0.15) is 22.3 Å². The third-order valence-electron chi connectivity index (χ3n) is 3.50. The molecule has 0 aliphatic heterocycles. The van der Waals surface area contributed by atoms with Crippen molar-refractivity contribution in [2.24, 2.45) is 0 Å². The first-order valence-corrected chi connectivity index (χ1v) is 9.26. The van der Waals surface area contributed by atoms with Gasteiger partial charge >= 0.3 is 5.97 Å². The molecule has 1 aromatic carbocycles. The summed E-state index contributed by atoms with van der Waals surface area (Å²) in [6, 6.07) is 7.25. The number of carbonyl (C=O) groups excluding carboxylic acids is 2. The van der Waals surface area contributed by atoms with Gasteiger partial charge < -0.3 is 10.1 Å². The third kappa shape index (κ3) is 4.50. The van der Waals surface area contributed by atoms with Crippen LogP contribution in [-0.2, 0) is 16.1 Å². The highest BCUT2D eigenvalue weighted by molar-refractivity contribution is 7.17. The van der Waals surface area contributed by atoms with Crippen LogP contribution < -0.4 is 5.32 Å². The van der Waals surface area contributed by atoms with E-state index in [0.717, 1.165) is 16.9 Å². The number of esters is 1. The number of hydrogen-bond donors (Lipinski definition) is 1. The number of rotatable bonds is 6. The Hall–Kier alpha value is -2.78. The maximum Gasteiger partial charge on any atom is 0.350 e. The number of halogens is 1. The number of carbonyl (C=O) groups is 2. The van der Waals surface area contributed by atoms with Gasteiger partial charge in [-0.3, -0.25) is 4.79 Å². The van der Waals surface area contributed by atoms with Crippen molar-refractivity contribution in [1.29, 1.82) is 0 Å². The van der Waals surface area contributed by atoms with Crippen molar-refractivity contribution in [2.75, 3.05) is 11.9 Å². The quantitative estimate of drug-likeness (QED) is 0.632. The van der Waals surface area contributed by atoms with Crippen LogP contribution in [0, 0.1) is 6.92 Å². The highest BCUT2D eigenvalue weighted by atomic mass is 35.5. The number of thiazole rings is 1. The summed E-state index contributed by atoms with van der Waals surface area (Å²) in [4.78, 5) is 28.6. The molecule has 0 saturated heterocycles. The summed E-state index contributed by atoms with van der Waals surface area (Å²) < 4.78 is 6.37. The second kappa shape index (κ2) is 8.28. The Balaban J connectivity index is 1.66. The van der Waals surface area contributed by atoms with Gasteiger partial charge in [0, 0.05) is 5.56 Å². The van der Waals surface area contributed by atoms with E-state index >= 15 is 0 Å². The molecule has 3 rings (SSSR count). The third-order valence-corrected chi connectivity index (χ3v) is 4.88. The zero-order chi connectivity index (χ0) is 19.4. The Kier molecular flexibility index (Phi) is 5.82. The molecule has 27 heavy (non-hydrogen) atoms. The molecule has 0 saturated carbocycles. The summed E-state index contributed by atoms with van der Waals surface area (Å²) in [5.74, 6) is -0.788. The Morgan fingerprint density at radius 2 is 2.11 bits per heavy atom. The van der Waals surface area contributed by atoms with Gasteiger partial charge in [-0.15, -0.1) is 5.10 Å². The number of hydrogen-bond acceptors (Lipinski definition) is 7. The number of amides is 1. The van der Waals surface area contributed by atoms with E-state index in [1.165, 1.54) is 4.68 Å². The molecule has 1 N–H and O–H groups in total. The molecule has 0 spiro atoms. The molecule has 0 bridgehead atoms. The highest BCUT2D eigenvalue weighted by Crippen LogP contribution is 2.25. The second-order valence-corrected chi connectivity index (χ2v) is 6.89. The van der Waals surface area contributed by atoms with Crippen LogP contribution in [0.3, 0.4) is 0 Å². The van der Waals surface area contributed by atoms with Crippen molar-refractivity contribution < 1.29 is 14.3 Å². The van der Waals surface area contributed by atoms with E-state index in [1.807, 2.05) is 18.2 Å². The molecule has 1 amide bonds. The number of benzene rings is 1. The smallest absolute Gasteiger partial charge is 0.350 e. The highest BCUT2D eigenvalue weighted by Gasteiger charge is 2.18. The molecular weight excluding hydrogens is 390 g/mol. The minimum atomic E-state index is -0.450. The van der Waals surface area contributed by atoms with Crippen LogP contribution in [-0.4, -0.2) is 38.5 Å². The summed E-state index contributed by atoms with van der Waals surface area (Å²) in [6.45, 7) is 3.64. The molecule has 2 heterocycles. The molecule has 8 nitrogen and oxygen atoms in total. The zero-order valence-corrected chi connectivity index (χ0v) is 16.2. The minimum absolute atomic E-state index is 0.0508. The van der Waals surface area contributed by atoms with Gasteiger partial charge in [0.1, 0.15) is 17.1 Å². The number of anilines is 1. The second-order valence-electron chi connectivity index (χ2n) is 5.48. The van der Waals surface area contributed by atoms with E-state index in [2.05, 4.69) is 20.6 Å². The number of aryl methyl sites for hydroxylation is 1. The Bertz CT molecular complexity index is 985. The monoisotopic (exact) mass is 405 g/mol. The lowest BCUT2D eigenvalue weighted by molar-refractivity contribution is -0.116. The van der Waals surface area contributed by atoms with Crippen LogP contribution in [0.15, 0.2) is 30.5 Å². The maximum absolute atomic E-state index is 12.2.